The van der Waals surface area contributed by atoms with Crippen molar-refractivity contribution in [3.05, 3.63) is 112 Å². The second-order valence-corrected chi connectivity index (χ2v) is 12.2. The lowest BCUT2D eigenvalue weighted by Gasteiger charge is -2.28. The van der Waals surface area contributed by atoms with Crippen LogP contribution in [0.4, 0.5) is 10.5 Å². The lowest BCUT2D eigenvalue weighted by molar-refractivity contribution is -0.124. The number of anilines is 1. The summed E-state index contributed by atoms with van der Waals surface area (Å²) in [4.78, 5) is 45.3. The molecule has 7 rings (SSSR count). The third kappa shape index (κ3) is 5.24. The molecule has 12 nitrogen and oxygen atoms in total. The van der Waals surface area contributed by atoms with Gasteiger partial charge in [-0.3, -0.25) is 9.59 Å². The predicted molar refractivity (Wildman–Crippen MR) is 170 cm³/mol. The number of aliphatic hydroxyl groups excluding tert-OH is 1. The monoisotopic (exact) mass is 637 g/mol. The highest BCUT2D eigenvalue weighted by atomic mass is 16.5. The zero-order valence-electron chi connectivity index (χ0n) is 25.9. The van der Waals surface area contributed by atoms with Crippen LogP contribution in [0.5, 0.6) is 5.75 Å². The highest BCUT2D eigenvalue weighted by molar-refractivity contribution is 5.95. The molecule has 4 bridgehead atoms. The first-order chi connectivity index (χ1) is 22.8. The second-order valence-electron chi connectivity index (χ2n) is 12.2. The summed E-state index contributed by atoms with van der Waals surface area (Å²) in [6.45, 7) is 3.60. The Kier molecular flexibility index (Phi) is 7.80. The fourth-order valence-electron chi connectivity index (χ4n) is 6.62. The second kappa shape index (κ2) is 12.1. The van der Waals surface area contributed by atoms with Crippen LogP contribution in [0.25, 0.3) is 0 Å². The van der Waals surface area contributed by atoms with Crippen molar-refractivity contribution in [3.63, 3.8) is 0 Å². The summed E-state index contributed by atoms with van der Waals surface area (Å²) >= 11 is 0. The van der Waals surface area contributed by atoms with E-state index >= 15 is 0 Å². The van der Waals surface area contributed by atoms with E-state index in [-0.39, 0.29) is 49.4 Å². The summed E-state index contributed by atoms with van der Waals surface area (Å²) in [5, 5.41) is 21.4. The van der Waals surface area contributed by atoms with E-state index < -0.39 is 41.6 Å². The summed E-state index contributed by atoms with van der Waals surface area (Å²) < 4.78 is 18.6. The summed E-state index contributed by atoms with van der Waals surface area (Å²) in [5.74, 6) is -0.247. The lowest BCUT2D eigenvalue weighted by Crippen LogP contribution is -2.49. The molecule has 12 heteroatoms. The number of alkyl carbamates (subject to hydrolysis) is 1. The van der Waals surface area contributed by atoms with Crippen LogP contribution >= 0.6 is 0 Å². The molecule has 47 heavy (non-hydrogen) atoms. The van der Waals surface area contributed by atoms with Crippen molar-refractivity contribution in [2.24, 2.45) is 5.92 Å². The molecule has 5 N–H and O–H groups in total. The van der Waals surface area contributed by atoms with Gasteiger partial charge >= 0.3 is 6.09 Å². The van der Waals surface area contributed by atoms with Crippen molar-refractivity contribution >= 4 is 23.6 Å². The molecule has 0 aliphatic carbocycles. The Bertz CT molecular complexity index is 1840. The number of benzene rings is 3. The Morgan fingerprint density at radius 3 is 2.64 bits per heavy atom. The molecule has 4 atom stereocenters. The molecule has 0 radical (unpaired) electrons. The number of oxazole rings is 1. The highest BCUT2D eigenvalue weighted by Crippen LogP contribution is 2.58. The largest absolute Gasteiger partial charge is 0.469 e. The topological polar surface area (TPSA) is 164 Å². The van der Waals surface area contributed by atoms with Gasteiger partial charge in [-0.05, 0) is 34.7 Å². The number of aromatic nitrogens is 1. The van der Waals surface area contributed by atoms with Crippen LogP contribution in [-0.4, -0.2) is 53.4 Å². The number of para-hydroxylation sites is 1. The molecule has 4 heterocycles. The van der Waals surface area contributed by atoms with E-state index in [0.29, 0.717) is 5.75 Å². The van der Waals surface area contributed by atoms with Gasteiger partial charge < -0.3 is 40.3 Å². The van der Waals surface area contributed by atoms with Crippen LogP contribution in [0.1, 0.15) is 64.3 Å². The van der Waals surface area contributed by atoms with Gasteiger partial charge in [0.15, 0.2) is 17.7 Å². The Morgan fingerprint density at radius 1 is 1.06 bits per heavy atom. The van der Waals surface area contributed by atoms with Gasteiger partial charge in [-0.2, -0.15) is 0 Å². The summed E-state index contributed by atoms with van der Waals surface area (Å²) in [6.07, 6.45) is -1.26. The van der Waals surface area contributed by atoms with Crippen molar-refractivity contribution in [1.82, 2.24) is 20.9 Å². The summed E-state index contributed by atoms with van der Waals surface area (Å²) in [7, 11) is 0. The van der Waals surface area contributed by atoms with Gasteiger partial charge in [-0.25, -0.2) is 9.78 Å². The van der Waals surface area contributed by atoms with Gasteiger partial charge in [0, 0.05) is 24.2 Å². The normalized spacial score (nSPS) is 22.0. The fourth-order valence-corrected chi connectivity index (χ4v) is 6.62. The van der Waals surface area contributed by atoms with E-state index in [9.17, 15) is 19.5 Å². The molecule has 0 saturated carbocycles. The minimum Gasteiger partial charge on any atom is -0.469 e. The Labute approximate surface area is 270 Å². The Balaban J connectivity index is 1.36. The summed E-state index contributed by atoms with van der Waals surface area (Å²) in [5.41, 5.74) is 2.83. The molecule has 1 spiro atoms. The molecule has 1 aromatic heterocycles. The average molecular weight is 638 g/mol. The van der Waals surface area contributed by atoms with E-state index in [0.717, 1.165) is 27.9 Å². The minimum absolute atomic E-state index is 0.0149. The van der Waals surface area contributed by atoms with Gasteiger partial charge in [0.05, 0.1) is 6.61 Å². The number of rotatable bonds is 7. The van der Waals surface area contributed by atoms with Crippen molar-refractivity contribution in [2.45, 2.75) is 50.6 Å². The molecule has 3 aromatic carbocycles. The molecule has 3 aliphatic rings. The van der Waals surface area contributed by atoms with Crippen molar-refractivity contribution in [2.75, 3.05) is 18.5 Å². The maximum atomic E-state index is 13.9. The standard InChI is InChI=1S/C35H35N5O7/c1-19(2)27-32-40-28(31(43)36-14-15-41)29(47-32)35-22-10-6-7-11-24(22)37-33(35)46-26-13-12-21(16-23(26)35)17-25(30(42)39-27)38-34(44)45-18-20-8-4-3-5-9-20/h3-13,16,19,25,27,33,37,41H,14-15,17-18H2,1-2H3,(H,36,43)(H,38,44)(H,39,42)/t25-,27-,33-,35?/m0/s1. The van der Waals surface area contributed by atoms with Crippen LogP contribution in [0.15, 0.2) is 77.2 Å². The number of hydrogen-bond donors (Lipinski definition) is 5. The van der Waals surface area contributed by atoms with Crippen molar-refractivity contribution in [3.8, 4) is 5.75 Å². The quantitative estimate of drug-likeness (QED) is 0.204. The van der Waals surface area contributed by atoms with Gasteiger partial charge in [0.2, 0.25) is 11.8 Å². The number of ether oxygens (including phenoxy) is 2. The number of aliphatic hydroxyl groups is 1. The van der Waals surface area contributed by atoms with Gasteiger partial charge in [0.25, 0.3) is 5.91 Å². The van der Waals surface area contributed by atoms with Gasteiger partial charge in [0.1, 0.15) is 29.9 Å². The number of fused-ring (bicyclic) bond motifs is 4. The van der Waals surface area contributed by atoms with Crippen LogP contribution in [0, 0.1) is 5.92 Å². The van der Waals surface area contributed by atoms with Crippen LogP contribution < -0.4 is 26.0 Å². The maximum Gasteiger partial charge on any atom is 0.408 e. The molecule has 0 saturated heterocycles. The lowest BCUT2D eigenvalue weighted by atomic mass is 9.72. The Morgan fingerprint density at radius 2 is 1.85 bits per heavy atom. The van der Waals surface area contributed by atoms with Crippen molar-refractivity contribution in [1.29, 1.82) is 0 Å². The third-order valence-electron chi connectivity index (χ3n) is 8.85. The van der Waals surface area contributed by atoms with Crippen LogP contribution in [0.2, 0.25) is 0 Å². The van der Waals surface area contributed by atoms with Gasteiger partial charge in [-0.1, -0.05) is 74.5 Å². The number of hydrogen-bond acceptors (Lipinski definition) is 9. The smallest absolute Gasteiger partial charge is 0.408 e. The molecule has 4 aromatic rings. The SMILES string of the molecule is CC(C)[C@@H]1NC(=O)[C@@H](NC(=O)OCc2ccccc2)Cc2ccc3c(c2)C2(c4ccccc4N[C@H]2O3)c2oc1nc2C(=O)NCCO. The molecule has 3 aliphatic heterocycles. The molecular weight excluding hydrogens is 602 g/mol. The number of carbonyl (C=O) groups excluding carboxylic acids is 3. The van der Waals surface area contributed by atoms with Crippen LogP contribution in [-0.2, 0) is 28.0 Å². The zero-order valence-corrected chi connectivity index (χ0v) is 25.9. The third-order valence-corrected chi connectivity index (χ3v) is 8.85. The van der Waals surface area contributed by atoms with Gasteiger partial charge in [-0.15, -0.1) is 0 Å². The van der Waals surface area contributed by atoms with E-state index in [1.165, 1.54) is 0 Å². The number of carbonyl (C=O) groups is 3. The first-order valence-corrected chi connectivity index (χ1v) is 15.6. The maximum absolute atomic E-state index is 13.9. The first kappa shape index (κ1) is 30.3. The van der Waals surface area contributed by atoms with Crippen LogP contribution in [0.3, 0.4) is 0 Å². The van der Waals surface area contributed by atoms with E-state index in [1.54, 1.807) is 0 Å². The molecule has 3 amide bonds. The molecular formula is C35H35N5O7. The number of nitrogens with zero attached hydrogens (tertiary/aromatic N) is 1. The van der Waals surface area contributed by atoms with Crippen molar-refractivity contribution < 1.29 is 33.4 Å². The molecule has 242 valence electrons. The number of amides is 3. The predicted octanol–water partition coefficient (Wildman–Crippen LogP) is 3.54. The first-order valence-electron chi connectivity index (χ1n) is 15.6. The molecule has 0 fully saturated rings. The molecule has 1 unspecified atom stereocenters. The fraction of sp³-hybridized carbons (Fsp3) is 0.314. The van der Waals surface area contributed by atoms with E-state index in [4.69, 9.17) is 18.9 Å². The zero-order chi connectivity index (χ0) is 32.7. The highest BCUT2D eigenvalue weighted by Gasteiger charge is 2.61. The van der Waals surface area contributed by atoms with E-state index in [1.807, 2.05) is 86.6 Å². The number of nitrogens with one attached hydrogen (secondary N) is 4. The van der Waals surface area contributed by atoms with E-state index in [2.05, 4.69) is 21.3 Å². The summed E-state index contributed by atoms with van der Waals surface area (Å²) in [6, 6.07) is 20.8. The Hall–Kier alpha value is -5.36. The minimum atomic E-state index is -1.12. The average Bonchev–Trinajstić information content (AvgIpc) is 3.74.